The third kappa shape index (κ3) is 5.42. The minimum absolute atomic E-state index is 0.0743. The summed E-state index contributed by atoms with van der Waals surface area (Å²) in [5, 5.41) is 11.4. The van der Waals surface area contributed by atoms with Gasteiger partial charge >= 0.3 is 5.97 Å². The number of carbonyl (C=O) groups excluding carboxylic acids is 1. The van der Waals surface area contributed by atoms with E-state index >= 15 is 0 Å². The molecule has 3 N–H and O–H groups in total. The standard InChI is InChI=1S/C13H18N2O5S/c1-3-6-11(13(17)18)14-12(16)9-7-4-5-8-10(9)15-21(2,19)20/h4-5,7-8,11,15H,3,6H2,1-2H3,(H,14,16)(H,17,18). The van der Waals surface area contributed by atoms with Crippen molar-refractivity contribution in [3.63, 3.8) is 0 Å². The van der Waals surface area contributed by atoms with Gasteiger partial charge in [-0.25, -0.2) is 13.2 Å². The molecule has 8 heteroatoms. The molecule has 0 spiro atoms. The Bertz CT molecular complexity index is 627. The van der Waals surface area contributed by atoms with Crippen molar-refractivity contribution < 1.29 is 23.1 Å². The smallest absolute Gasteiger partial charge is 0.326 e. The van der Waals surface area contributed by atoms with Crippen LogP contribution >= 0.6 is 0 Å². The molecule has 0 fully saturated rings. The second kappa shape index (κ2) is 7.07. The third-order valence-electron chi connectivity index (χ3n) is 2.65. The fourth-order valence-electron chi connectivity index (χ4n) is 1.75. The Morgan fingerprint density at radius 1 is 1.29 bits per heavy atom. The molecule has 7 nitrogen and oxygen atoms in total. The van der Waals surface area contributed by atoms with E-state index in [0.29, 0.717) is 12.8 Å². The Balaban J connectivity index is 2.99. The van der Waals surface area contributed by atoms with Crippen LogP contribution in [-0.4, -0.2) is 37.7 Å². The molecule has 0 aliphatic carbocycles. The Kier molecular flexibility index (Phi) is 5.71. The molecule has 0 aromatic heterocycles. The summed E-state index contributed by atoms with van der Waals surface area (Å²) in [5.74, 6) is -1.76. The number of para-hydroxylation sites is 1. The Labute approximate surface area is 123 Å². The highest BCUT2D eigenvalue weighted by molar-refractivity contribution is 7.92. The summed E-state index contributed by atoms with van der Waals surface area (Å²) in [6.45, 7) is 1.81. The highest BCUT2D eigenvalue weighted by Gasteiger charge is 2.21. The fraction of sp³-hybridized carbons (Fsp3) is 0.385. The van der Waals surface area contributed by atoms with Crippen LogP contribution in [0.5, 0.6) is 0 Å². The maximum absolute atomic E-state index is 12.1. The molecule has 116 valence electrons. The maximum Gasteiger partial charge on any atom is 0.326 e. The largest absolute Gasteiger partial charge is 0.480 e. The van der Waals surface area contributed by atoms with E-state index in [1.54, 1.807) is 19.1 Å². The predicted molar refractivity (Wildman–Crippen MR) is 78.7 cm³/mol. The number of hydrogen-bond acceptors (Lipinski definition) is 4. The predicted octanol–water partition coefficient (Wildman–Crippen LogP) is 1.04. The lowest BCUT2D eigenvalue weighted by atomic mass is 10.1. The zero-order valence-corrected chi connectivity index (χ0v) is 12.6. The van der Waals surface area contributed by atoms with Gasteiger partial charge in [0.15, 0.2) is 0 Å². The molecular formula is C13H18N2O5S. The number of nitrogens with one attached hydrogen (secondary N) is 2. The molecule has 0 aliphatic heterocycles. The van der Waals surface area contributed by atoms with E-state index in [0.717, 1.165) is 6.26 Å². The number of hydrogen-bond donors (Lipinski definition) is 3. The Morgan fingerprint density at radius 3 is 2.43 bits per heavy atom. The Hall–Kier alpha value is -2.09. The van der Waals surface area contributed by atoms with E-state index in [4.69, 9.17) is 5.11 Å². The van der Waals surface area contributed by atoms with Gasteiger partial charge in [-0.1, -0.05) is 25.5 Å². The molecule has 1 aromatic rings. The monoisotopic (exact) mass is 314 g/mol. The first-order valence-corrected chi connectivity index (χ1v) is 8.24. The van der Waals surface area contributed by atoms with Crippen molar-refractivity contribution in [3.8, 4) is 0 Å². The fourth-order valence-corrected chi connectivity index (χ4v) is 2.33. The zero-order chi connectivity index (χ0) is 16.0. The van der Waals surface area contributed by atoms with E-state index in [2.05, 4.69) is 10.0 Å². The van der Waals surface area contributed by atoms with E-state index < -0.39 is 27.9 Å². The molecule has 0 saturated heterocycles. The molecular weight excluding hydrogens is 296 g/mol. The van der Waals surface area contributed by atoms with Crippen LogP contribution in [-0.2, 0) is 14.8 Å². The van der Waals surface area contributed by atoms with E-state index in [1.807, 2.05) is 0 Å². The quantitative estimate of drug-likeness (QED) is 0.696. The number of carboxylic acid groups (broad SMARTS) is 1. The van der Waals surface area contributed by atoms with Crippen LogP contribution in [0.25, 0.3) is 0 Å². The number of rotatable bonds is 7. The van der Waals surface area contributed by atoms with Crippen LogP contribution in [0.4, 0.5) is 5.69 Å². The van der Waals surface area contributed by atoms with E-state index in [1.165, 1.54) is 12.1 Å². The van der Waals surface area contributed by atoms with Gasteiger partial charge in [0.2, 0.25) is 10.0 Å². The van der Waals surface area contributed by atoms with Gasteiger partial charge in [0.1, 0.15) is 6.04 Å². The second-order valence-electron chi connectivity index (χ2n) is 4.57. The number of carboxylic acids is 1. The number of sulfonamides is 1. The summed E-state index contributed by atoms with van der Waals surface area (Å²) < 4.78 is 24.8. The molecule has 0 saturated carbocycles. The second-order valence-corrected chi connectivity index (χ2v) is 6.32. The number of amides is 1. The minimum atomic E-state index is -3.53. The van der Waals surface area contributed by atoms with Crippen LogP contribution in [0, 0.1) is 0 Å². The first-order chi connectivity index (χ1) is 9.74. The summed E-state index contributed by atoms with van der Waals surface area (Å²) in [4.78, 5) is 23.2. The molecule has 1 aromatic carbocycles. The summed E-state index contributed by atoms with van der Waals surface area (Å²) in [6.07, 6.45) is 1.86. The average molecular weight is 314 g/mol. The summed E-state index contributed by atoms with van der Waals surface area (Å²) in [6, 6.07) is 5.00. The normalized spacial score (nSPS) is 12.5. The SMILES string of the molecule is CCCC(NC(=O)c1ccccc1NS(C)(=O)=O)C(=O)O. The number of benzene rings is 1. The molecule has 1 amide bonds. The van der Waals surface area contributed by atoms with Crippen LogP contribution < -0.4 is 10.0 Å². The zero-order valence-electron chi connectivity index (χ0n) is 11.8. The number of carbonyl (C=O) groups is 2. The average Bonchev–Trinajstić information content (AvgIpc) is 2.36. The summed E-state index contributed by atoms with van der Waals surface area (Å²) >= 11 is 0. The molecule has 1 unspecified atom stereocenters. The van der Waals surface area contributed by atoms with Crippen LogP contribution in [0.15, 0.2) is 24.3 Å². The van der Waals surface area contributed by atoms with Crippen molar-refractivity contribution in [2.24, 2.45) is 0 Å². The van der Waals surface area contributed by atoms with Crippen molar-refractivity contribution >= 4 is 27.6 Å². The highest BCUT2D eigenvalue weighted by Crippen LogP contribution is 2.16. The highest BCUT2D eigenvalue weighted by atomic mass is 32.2. The lowest BCUT2D eigenvalue weighted by Gasteiger charge is -2.15. The first kappa shape index (κ1) is 17.0. The summed E-state index contributed by atoms with van der Waals surface area (Å²) in [5.41, 5.74) is 0.184. The molecule has 1 rings (SSSR count). The van der Waals surface area contributed by atoms with Gasteiger partial charge in [-0.3, -0.25) is 9.52 Å². The van der Waals surface area contributed by atoms with Gasteiger partial charge in [0.25, 0.3) is 5.91 Å². The molecule has 0 radical (unpaired) electrons. The van der Waals surface area contributed by atoms with Crippen LogP contribution in [0.3, 0.4) is 0 Å². The van der Waals surface area contributed by atoms with Crippen molar-refractivity contribution in [1.29, 1.82) is 0 Å². The van der Waals surface area contributed by atoms with E-state index in [-0.39, 0.29) is 11.3 Å². The summed E-state index contributed by atoms with van der Waals surface area (Å²) in [7, 11) is -3.53. The van der Waals surface area contributed by atoms with Gasteiger partial charge < -0.3 is 10.4 Å². The first-order valence-electron chi connectivity index (χ1n) is 6.35. The lowest BCUT2D eigenvalue weighted by molar-refractivity contribution is -0.139. The van der Waals surface area contributed by atoms with Gasteiger partial charge in [0.05, 0.1) is 17.5 Å². The Morgan fingerprint density at radius 2 is 1.90 bits per heavy atom. The van der Waals surface area contributed by atoms with Crippen LogP contribution in [0.2, 0.25) is 0 Å². The van der Waals surface area contributed by atoms with Gasteiger partial charge in [-0.15, -0.1) is 0 Å². The van der Waals surface area contributed by atoms with Gasteiger partial charge in [-0.05, 0) is 18.6 Å². The van der Waals surface area contributed by atoms with Crippen molar-refractivity contribution in [2.45, 2.75) is 25.8 Å². The maximum atomic E-state index is 12.1. The van der Waals surface area contributed by atoms with Crippen molar-refractivity contribution in [2.75, 3.05) is 11.0 Å². The minimum Gasteiger partial charge on any atom is -0.480 e. The van der Waals surface area contributed by atoms with Crippen LogP contribution in [0.1, 0.15) is 30.1 Å². The lowest BCUT2D eigenvalue weighted by Crippen LogP contribution is -2.40. The molecule has 0 heterocycles. The molecule has 1 atom stereocenters. The van der Waals surface area contributed by atoms with Gasteiger partial charge in [-0.2, -0.15) is 0 Å². The number of aliphatic carboxylic acids is 1. The molecule has 21 heavy (non-hydrogen) atoms. The third-order valence-corrected chi connectivity index (χ3v) is 3.24. The molecule has 0 aliphatic rings. The van der Waals surface area contributed by atoms with Crippen molar-refractivity contribution in [3.05, 3.63) is 29.8 Å². The van der Waals surface area contributed by atoms with E-state index in [9.17, 15) is 18.0 Å². The molecule has 0 bridgehead atoms. The topological polar surface area (TPSA) is 113 Å². The van der Waals surface area contributed by atoms with Gasteiger partial charge in [0, 0.05) is 0 Å². The van der Waals surface area contributed by atoms with Crippen molar-refractivity contribution in [1.82, 2.24) is 5.32 Å². The number of anilines is 1.